The number of benzene rings is 2. The number of nitrogens with one attached hydrogen (secondary N) is 1. The third-order valence-electron chi connectivity index (χ3n) is 4.08. The number of carbonyl (C=O) groups excluding carboxylic acids is 2. The standard InChI is InChI=1S/C20H22ClNO6/c1-11-14(21)7-6-8-15(11)22-19(23)12(2)28-20(24)13-9-16(25-3)18(27-5)17(10-13)26-4/h6-10,12H,1-5H3,(H,22,23)/t12-/m1/s1. The van der Waals surface area contributed by atoms with Crippen LogP contribution in [0.1, 0.15) is 22.8 Å². The van der Waals surface area contributed by atoms with Crippen molar-refractivity contribution in [2.45, 2.75) is 20.0 Å². The van der Waals surface area contributed by atoms with Crippen molar-refractivity contribution in [3.05, 3.63) is 46.5 Å². The smallest absolute Gasteiger partial charge is 0.339 e. The summed E-state index contributed by atoms with van der Waals surface area (Å²) >= 11 is 6.05. The van der Waals surface area contributed by atoms with Gasteiger partial charge in [-0.15, -0.1) is 0 Å². The molecule has 0 saturated carbocycles. The van der Waals surface area contributed by atoms with Crippen LogP contribution in [0.2, 0.25) is 5.02 Å². The molecule has 0 fully saturated rings. The minimum atomic E-state index is -1.04. The molecule has 1 amide bonds. The maximum Gasteiger partial charge on any atom is 0.339 e. The van der Waals surface area contributed by atoms with Crippen LogP contribution < -0.4 is 19.5 Å². The predicted molar refractivity (Wildman–Crippen MR) is 106 cm³/mol. The van der Waals surface area contributed by atoms with Crippen LogP contribution in [-0.2, 0) is 9.53 Å². The van der Waals surface area contributed by atoms with E-state index in [2.05, 4.69) is 5.32 Å². The normalized spacial score (nSPS) is 11.4. The summed E-state index contributed by atoms with van der Waals surface area (Å²) in [5, 5.41) is 3.23. The Kier molecular flexibility index (Phi) is 7.12. The van der Waals surface area contributed by atoms with Gasteiger partial charge in [-0.05, 0) is 43.7 Å². The van der Waals surface area contributed by atoms with Crippen molar-refractivity contribution in [1.29, 1.82) is 0 Å². The van der Waals surface area contributed by atoms with Gasteiger partial charge in [-0.3, -0.25) is 4.79 Å². The van der Waals surface area contributed by atoms with Crippen molar-refractivity contribution in [1.82, 2.24) is 0 Å². The van der Waals surface area contributed by atoms with E-state index in [1.54, 1.807) is 25.1 Å². The molecule has 0 heterocycles. The molecular formula is C20H22ClNO6. The molecule has 1 atom stereocenters. The van der Waals surface area contributed by atoms with Gasteiger partial charge < -0.3 is 24.3 Å². The summed E-state index contributed by atoms with van der Waals surface area (Å²) in [6.45, 7) is 3.26. The molecule has 0 bridgehead atoms. The highest BCUT2D eigenvalue weighted by Crippen LogP contribution is 2.38. The Morgan fingerprint density at radius 2 is 1.64 bits per heavy atom. The van der Waals surface area contributed by atoms with Crippen molar-refractivity contribution in [2.24, 2.45) is 0 Å². The van der Waals surface area contributed by atoms with Crippen LogP contribution in [0.4, 0.5) is 5.69 Å². The summed E-state index contributed by atoms with van der Waals surface area (Å²) in [7, 11) is 4.34. The van der Waals surface area contributed by atoms with Crippen LogP contribution in [-0.4, -0.2) is 39.3 Å². The van der Waals surface area contributed by atoms with Crippen LogP contribution in [0.15, 0.2) is 30.3 Å². The van der Waals surface area contributed by atoms with E-state index in [1.807, 2.05) is 0 Å². The zero-order valence-corrected chi connectivity index (χ0v) is 17.0. The van der Waals surface area contributed by atoms with Crippen LogP contribution in [0.5, 0.6) is 17.2 Å². The highest BCUT2D eigenvalue weighted by Gasteiger charge is 2.23. The number of ether oxygens (including phenoxy) is 4. The summed E-state index contributed by atoms with van der Waals surface area (Å²) in [4.78, 5) is 24.9. The van der Waals surface area contributed by atoms with E-state index in [-0.39, 0.29) is 5.56 Å². The Hall–Kier alpha value is -2.93. The van der Waals surface area contributed by atoms with Gasteiger partial charge in [-0.25, -0.2) is 4.79 Å². The minimum Gasteiger partial charge on any atom is -0.493 e. The zero-order valence-electron chi connectivity index (χ0n) is 16.3. The van der Waals surface area contributed by atoms with Gasteiger partial charge in [0.2, 0.25) is 5.75 Å². The van der Waals surface area contributed by atoms with Gasteiger partial charge in [-0.1, -0.05) is 17.7 Å². The molecule has 2 rings (SSSR count). The van der Waals surface area contributed by atoms with Crippen LogP contribution >= 0.6 is 11.6 Å². The lowest BCUT2D eigenvalue weighted by Gasteiger charge is -2.17. The predicted octanol–water partition coefficient (Wildman–Crippen LogP) is 3.86. The maximum absolute atomic E-state index is 12.5. The van der Waals surface area contributed by atoms with Crippen molar-refractivity contribution in [3.8, 4) is 17.2 Å². The molecule has 2 aromatic carbocycles. The lowest BCUT2D eigenvalue weighted by atomic mass is 10.1. The second-order valence-corrected chi connectivity index (χ2v) is 6.27. The Morgan fingerprint density at radius 1 is 1.04 bits per heavy atom. The summed E-state index contributed by atoms with van der Waals surface area (Å²) in [6, 6.07) is 8.07. The molecule has 7 nitrogen and oxygen atoms in total. The van der Waals surface area contributed by atoms with Gasteiger partial charge in [0, 0.05) is 10.7 Å². The summed E-state index contributed by atoms with van der Waals surface area (Å²) in [6.07, 6.45) is -1.04. The first kappa shape index (κ1) is 21.4. The maximum atomic E-state index is 12.5. The van der Waals surface area contributed by atoms with E-state index in [0.29, 0.717) is 28.0 Å². The number of amides is 1. The van der Waals surface area contributed by atoms with Crippen LogP contribution in [0.25, 0.3) is 0 Å². The van der Waals surface area contributed by atoms with Gasteiger partial charge >= 0.3 is 5.97 Å². The Balaban J connectivity index is 2.15. The molecule has 0 aromatic heterocycles. The van der Waals surface area contributed by atoms with E-state index >= 15 is 0 Å². The molecule has 150 valence electrons. The van der Waals surface area contributed by atoms with E-state index in [0.717, 1.165) is 5.56 Å². The first-order chi connectivity index (χ1) is 13.3. The third-order valence-corrected chi connectivity index (χ3v) is 4.49. The fourth-order valence-corrected chi connectivity index (χ4v) is 2.63. The first-order valence-corrected chi connectivity index (χ1v) is 8.77. The molecule has 8 heteroatoms. The average molecular weight is 408 g/mol. The fraction of sp³-hybridized carbons (Fsp3) is 0.300. The Bertz CT molecular complexity index is 858. The van der Waals surface area contributed by atoms with Crippen LogP contribution in [0.3, 0.4) is 0 Å². The number of hydrogen-bond donors (Lipinski definition) is 1. The second-order valence-electron chi connectivity index (χ2n) is 5.86. The average Bonchev–Trinajstić information content (AvgIpc) is 2.69. The molecule has 0 aliphatic heterocycles. The first-order valence-electron chi connectivity index (χ1n) is 8.39. The number of esters is 1. The van der Waals surface area contributed by atoms with E-state index in [4.69, 9.17) is 30.5 Å². The summed E-state index contributed by atoms with van der Waals surface area (Å²) in [5.74, 6) is -0.222. The second kappa shape index (κ2) is 9.32. The Labute approximate surface area is 168 Å². The number of halogens is 1. The van der Waals surface area contributed by atoms with Gasteiger partial charge in [0.25, 0.3) is 5.91 Å². The third kappa shape index (κ3) is 4.67. The number of anilines is 1. The zero-order chi connectivity index (χ0) is 20.8. The highest BCUT2D eigenvalue weighted by molar-refractivity contribution is 6.31. The molecule has 0 spiro atoms. The lowest BCUT2D eigenvalue weighted by molar-refractivity contribution is -0.123. The quantitative estimate of drug-likeness (QED) is 0.702. The molecule has 0 aliphatic rings. The van der Waals surface area contributed by atoms with Crippen molar-refractivity contribution in [3.63, 3.8) is 0 Å². The molecule has 0 saturated heterocycles. The lowest BCUT2D eigenvalue weighted by Crippen LogP contribution is -2.30. The molecule has 28 heavy (non-hydrogen) atoms. The van der Waals surface area contributed by atoms with Crippen LogP contribution in [0, 0.1) is 6.92 Å². The molecule has 0 aliphatic carbocycles. The van der Waals surface area contributed by atoms with Crippen molar-refractivity contribution < 1.29 is 28.5 Å². The number of rotatable bonds is 7. The van der Waals surface area contributed by atoms with E-state index < -0.39 is 18.0 Å². The van der Waals surface area contributed by atoms with Gasteiger partial charge in [0.15, 0.2) is 17.6 Å². The van der Waals surface area contributed by atoms with Gasteiger partial charge in [0.1, 0.15) is 0 Å². The number of hydrogen-bond acceptors (Lipinski definition) is 6. The number of methoxy groups -OCH3 is 3. The Morgan fingerprint density at radius 3 is 2.18 bits per heavy atom. The SMILES string of the molecule is COc1cc(C(=O)O[C@H](C)C(=O)Nc2cccc(Cl)c2C)cc(OC)c1OC. The summed E-state index contributed by atoms with van der Waals surface area (Å²) in [5.41, 5.74) is 1.43. The molecule has 0 radical (unpaired) electrons. The summed E-state index contributed by atoms with van der Waals surface area (Å²) < 4.78 is 20.9. The van der Waals surface area contributed by atoms with E-state index in [1.165, 1.54) is 40.4 Å². The van der Waals surface area contributed by atoms with Crippen molar-refractivity contribution in [2.75, 3.05) is 26.6 Å². The number of carbonyl (C=O) groups is 2. The molecule has 1 N–H and O–H groups in total. The van der Waals surface area contributed by atoms with Crippen molar-refractivity contribution >= 4 is 29.2 Å². The van der Waals surface area contributed by atoms with Gasteiger partial charge in [-0.2, -0.15) is 0 Å². The highest BCUT2D eigenvalue weighted by atomic mass is 35.5. The fourth-order valence-electron chi connectivity index (χ4n) is 2.46. The molecule has 0 unspecified atom stereocenters. The molecular weight excluding hydrogens is 386 g/mol. The van der Waals surface area contributed by atoms with Gasteiger partial charge in [0.05, 0.1) is 26.9 Å². The minimum absolute atomic E-state index is 0.160. The molecule has 2 aromatic rings. The van der Waals surface area contributed by atoms with E-state index in [9.17, 15) is 9.59 Å². The topological polar surface area (TPSA) is 83.1 Å². The monoisotopic (exact) mass is 407 g/mol. The largest absolute Gasteiger partial charge is 0.493 e.